The maximum Gasteiger partial charge on any atom is 0.305 e. The van der Waals surface area contributed by atoms with Crippen molar-refractivity contribution < 1.29 is 45.5 Å². The van der Waals surface area contributed by atoms with Crippen LogP contribution in [-0.2, 0) is 20.8 Å². The van der Waals surface area contributed by atoms with Crippen LogP contribution in [0.2, 0.25) is 0 Å². The molecule has 7 nitrogen and oxygen atoms in total. The second-order valence-corrected chi connectivity index (χ2v) is 8.60. The van der Waals surface area contributed by atoms with Crippen LogP contribution in [0.25, 0.3) is 0 Å². The van der Waals surface area contributed by atoms with Crippen LogP contribution in [0.4, 0.5) is 0 Å². The summed E-state index contributed by atoms with van der Waals surface area (Å²) < 4.78 is 30.1. The van der Waals surface area contributed by atoms with Crippen LogP contribution in [0.5, 0.6) is 17.2 Å². The number of methoxy groups -OCH3 is 3. The number of pyridine rings is 1. The molecule has 2 atom stereocenters. The van der Waals surface area contributed by atoms with Gasteiger partial charge in [0.1, 0.15) is 13.2 Å². The molecule has 0 saturated carbocycles. The molecule has 1 aromatic heterocycles. The van der Waals surface area contributed by atoms with Gasteiger partial charge in [-0.05, 0) is 43.4 Å². The Hall–Kier alpha value is -2.51. The SMILES string of the molecule is COc1cc(C2CCC(COC(=O)CCCCCCC[n+]3ccccc3)O2)cc(OC)c1OC.[Cl-]. The summed E-state index contributed by atoms with van der Waals surface area (Å²) in [5.41, 5.74) is 0.967. The highest BCUT2D eigenvalue weighted by molar-refractivity contribution is 5.69. The molecule has 0 radical (unpaired) electrons. The zero-order valence-electron chi connectivity index (χ0n) is 21.0. The number of hydrogen-bond donors (Lipinski definition) is 0. The van der Waals surface area contributed by atoms with E-state index in [0.717, 1.165) is 50.6 Å². The topological polar surface area (TPSA) is 67.1 Å². The molecule has 0 amide bonds. The summed E-state index contributed by atoms with van der Waals surface area (Å²) in [5.74, 6) is 1.63. The Labute approximate surface area is 215 Å². The van der Waals surface area contributed by atoms with Crippen LogP contribution in [0.15, 0.2) is 42.7 Å². The zero-order chi connectivity index (χ0) is 24.2. The highest BCUT2D eigenvalue weighted by atomic mass is 35.5. The van der Waals surface area contributed by atoms with E-state index in [-0.39, 0.29) is 30.6 Å². The molecule has 1 aromatic carbocycles. The molecular formula is C27H38ClNO6. The lowest BCUT2D eigenvalue weighted by atomic mass is 10.0. The van der Waals surface area contributed by atoms with Crippen molar-refractivity contribution in [2.75, 3.05) is 27.9 Å². The van der Waals surface area contributed by atoms with Crippen LogP contribution in [-0.4, -0.2) is 40.0 Å². The van der Waals surface area contributed by atoms with Gasteiger partial charge in [-0.15, -0.1) is 0 Å². The van der Waals surface area contributed by atoms with E-state index in [0.29, 0.717) is 30.3 Å². The van der Waals surface area contributed by atoms with Crippen molar-refractivity contribution in [2.24, 2.45) is 0 Å². The molecule has 8 heteroatoms. The Balaban J connectivity index is 0.00000432. The third-order valence-electron chi connectivity index (χ3n) is 6.17. The molecule has 3 rings (SSSR count). The minimum atomic E-state index is -0.139. The summed E-state index contributed by atoms with van der Waals surface area (Å²) in [4.78, 5) is 12.1. The van der Waals surface area contributed by atoms with Crippen LogP contribution in [0, 0.1) is 0 Å². The number of rotatable bonds is 14. The first-order chi connectivity index (χ1) is 16.6. The van der Waals surface area contributed by atoms with Gasteiger partial charge in [-0.25, -0.2) is 4.57 Å². The third-order valence-corrected chi connectivity index (χ3v) is 6.17. The zero-order valence-corrected chi connectivity index (χ0v) is 21.8. The van der Waals surface area contributed by atoms with Gasteiger partial charge in [-0.2, -0.15) is 0 Å². The Morgan fingerprint density at radius 3 is 2.23 bits per heavy atom. The van der Waals surface area contributed by atoms with Crippen molar-refractivity contribution in [3.63, 3.8) is 0 Å². The highest BCUT2D eigenvalue weighted by Crippen LogP contribution is 2.43. The number of halogens is 1. The van der Waals surface area contributed by atoms with Gasteiger partial charge in [0, 0.05) is 25.0 Å². The van der Waals surface area contributed by atoms with Crippen molar-refractivity contribution in [3.05, 3.63) is 48.3 Å². The fourth-order valence-corrected chi connectivity index (χ4v) is 4.30. The van der Waals surface area contributed by atoms with Gasteiger partial charge in [-0.1, -0.05) is 18.9 Å². The van der Waals surface area contributed by atoms with E-state index in [2.05, 4.69) is 29.1 Å². The van der Waals surface area contributed by atoms with E-state index in [4.69, 9.17) is 23.7 Å². The van der Waals surface area contributed by atoms with E-state index < -0.39 is 0 Å². The molecule has 2 unspecified atom stereocenters. The van der Waals surface area contributed by atoms with Crippen molar-refractivity contribution in [1.29, 1.82) is 0 Å². The van der Waals surface area contributed by atoms with Crippen LogP contribution in [0.1, 0.15) is 63.0 Å². The number of ether oxygens (including phenoxy) is 5. The summed E-state index contributed by atoms with van der Waals surface area (Å²) in [6, 6.07) is 9.96. The number of nitrogens with zero attached hydrogens (tertiary/aromatic N) is 1. The Morgan fingerprint density at radius 2 is 1.57 bits per heavy atom. The summed E-state index contributed by atoms with van der Waals surface area (Å²) >= 11 is 0. The van der Waals surface area contributed by atoms with E-state index in [1.54, 1.807) is 21.3 Å². The maximum absolute atomic E-state index is 12.1. The van der Waals surface area contributed by atoms with Gasteiger partial charge < -0.3 is 36.1 Å². The van der Waals surface area contributed by atoms with Gasteiger partial charge in [0.25, 0.3) is 0 Å². The van der Waals surface area contributed by atoms with Crippen LogP contribution < -0.4 is 31.2 Å². The Bertz CT molecular complexity index is 869. The van der Waals surface area contributed by atoms with Gasteiger partial charge in [0.05, 0.1) is 33.5 Å². The number of carbonyl (C=O) groups excluding carboxylic acids is 1. The second-order valence-electron chi connectivity index (χ2n) is 8.60. The number of benzene rings is 1. The summed E-state index contributed by atoms with van der Waals surface area (Å²) in [5, 5.41) is 0. The first-order valence-corrected chi connectivity index (χ1v) is 12.2. The average Bonchev–Trinajstić information content (AvgIpc) is 3.35. The van der Waals surface area contributed by atoms with E-state index in [1.807, 2.05) is 18.2 Å². The first-order valence-electron chi connectivity index (χ1n) is 12.2. The summed E-state index contributed by atoms with van der Waals surface area (Å²) in [6.45, 7) is 1.34. The molecule has 2 aromatic rings. The van der Waals surface area contributed by atoms with Gasteiger partial charge in [0.2, 0.25) is 5.75 Å². The fourth-order valence-electron chi connectivity index (χ4n) is 4.30. The minimum Gasteiger partial charge on any atom is -1.00 e. The number of carbonyl (C=O) groups is 1. The number of aryl methyl sites for hydroxylation is 1. The van der Waals surface area contributed by atoms with E-state index in [9.17, 15) is 4.79 Å². The fraction of sp³-hybridized carbons (Fsp3) is 0.556. The number of unbranched alkanes of at least 4 members (excludes halogenated alkanes) is 4. The lowest BCUT2D eigenvalue weighted by molar-refractivity contribution is -0.697. The molecule has 1 aliphatic rings. The van der Waals surface area contributed by atoms with E-state index in [1.165, 1.54) is 6.42 Å². The molecule has 1 fully saturated rings. The van der Waals surface area contributed by atoms with Gasteiger partial charge >= 0.3 is 5.97 Å². The molecule has 0 spiro atoms. The standard InChI is InChI=1S/C27H38NO6.ClH/c1-30-24-18-21(19-25(31-2)27(24)32-3)23-14-13-22(34-23)20-33-26(29)12-8-5-4-6-9-15-28-16-10-7-11-17-28;/h7,10-11,16-19,22-23H,4-6,8-9,12-15,20H2,1-3H3;1H/q+1;/p-1. The van der Waals surface area contributed by atoms with Gasteiger partial charge in [0.15, 0.2) is 23.9 Å². The second kappa shape index (κ2) is 15.5. The molecule has 194 valence electrons. The smallest absolute Gasteiger partial charge is 0.305 e. The normalized spacial score (nSPS) is 16.9. The summed E-state index contributed by atoms with van der Waals surface area (Å²) in [6.07, 6.45) is 11.6. The molecule has 1 saturated heterocycles. The average molecular weight is 508 g/mol. The Morgan fingerprint density at radius 1 is 0.914 bits per heavy atom. The molecule has 1 aliphatic heterocycles. The number of aromatic nitrogens is 1. The Kier molecular flexibility index (Phi) is 12.7. The van der Waals surface area contributed by atoms with Gasteiger partial charge in [-0.3, -0.25) is 4.79 Å². The molecule has 0 N–H and O–H groups in total. The molecular weight excluding hydrogens is 470 g/mol. The van der Waals surface area contributed by atoms with E-state index >= 15 is 0 Å². The number of esters is 1. The summed E-state index contributed by atoms with van der Waals surface area (Å²) in [7, 11) is 4.78. The maximum atomic E-state index is 12.1. The van der Waals surface area contributed by atoms with Crippen molar-refractivity contribution in [1.82, 2.24) is 0 Å². The minimum absolute atomic E-state index is 0. The molecule has 0 aliphatic carbocycles. The van der Waals surface area contributed by atoms with Crippen LogP contribution >= 0.6 is 0 Å². The van der Waals surface area contributed by atoms with Crippen molar-refractivity contribution in [2.45, 2.75) is 70.1 Å². The van der Waals surface area contributed by atoms with Crippen molar-refractivity contribution in [3.8, 4) is 17.2 Å². The first kappa shape index (κ1) is 28.7. The lowest BCUT2D eigenvalue weighted by Gasteiger charge is -2.18. The predicted molar refractivity (Wildman–Crippen MR) is 128 cm³/mol. The molecule has 2 heterocycles. The molecule has 0 bridgehead atoms. The monoisotopic (exact) mass is 507 g/mol. The predicted octanol–water partition coefficient (Wildman–Crippen LogP) is 1.81. The quantitative estimate of drug-likeness (QED) is 0.221. The number of hydrogen-bond acceptors (Lipinski definition) is 6. The lowest BCUT2D eigenvalue weighted by Crippen LogP contribution is -3.00. The third kappa shape index (κ3) is 8.89. The molecule has 35 heavy (non-hydrogen) atoms. The largest absolute Gasteiger partial charge is 1.00 e. The van der Waals surface area contributed by atoms with Crippen molar-refractivity contribution >= 4 is 5.97 Å². The highest BCUT2D eigenvalue weighted by Gasteiger charge is 2.29. The van der Waals surface area contributed by atoms with Crippen LogP contribution in [0.3, 0.4) is 0 Å².